The Morgan fingerprint density at radius 2 is 2.27 bits per heavy atom. The van der Waals surface area contributed by atoms with Crippen LogP contribution in [0.3, 0.4) is 0 Å². The predicted molar refractivity (Wildman–Crippen MR) is 51.7 cm³/mol. The molecule has 1 fully saturated rings. The molecule has 3 atom stereocenters. The molecular formula is C10H15N2O3+. The second-order valence-electron chi connectivity index (χ2n) is 4.10. The van der Waals surface area contributed by atoms with Gasteiger partial charge < -0.3 is 15.7 Å². The molecule has 0 unspecified atom stereocenters. The van der Waals surface area contributed by atoms with E-state index >= 15 is 0 Å². The fourth-order valence-electron chi connectivity index (χ4n) is 2.36. The van der Waals surface area contributed by atoms with E-state index in [1.807, 2.05) is 6.08 Å². The lowest BCUT2D eigenvalue weighted by atomic mass is 10.1. The Bertz CT molecular complexity index is 327. The first-order valence-corrected chi connectivity index (χ1v) is 5.16. The molecule has 2 aliphatic rings. The van der Waals surface area contributed by atoms with Crippen molar-refractivity contribution < 1.29 is 20.4 Å². The second-order valence-corrected chi connectivity index (χ2v) is 4.10. The van der Waals surface area contributed by atoms with E-state index in [1.54, 1.807) is 6.08 Å². The number of hydrogen-bond donors (Lipinski definition) is 2. The molecular weight excluding hydrogens is 196 g/mol. The Kier molecular flexibility index (Phi) is 2.48. The third kappa shape index (κ3) is 1.63. The highest BCUT2D eigenvalue weighted by atomic mass is 16.4. The lowest BCUT2D eigenvalue weighted by Gasteiger charge is -2.26. The summed E-state index contributed by atoms with van der Waals surface area (Å²) in [5.41, 5.74) is 3.72. The van der Waals surface area contributed by atoms with Gasteiger partial charge in [-0.25, -0.2) is 4.79 Å². The van der Waals surface area contributed by atoms with Crippen LogP contribution in [-0.4, -0.2) is 40.0 Å². The van der Waals surface area contributed by atoms with Gasteiger partial charge in [-0.15, -0.1) is 0 Å². The van der Waals surface area contributed by atoms with Crippen LogP contribution in [0.1, 0.15) is 19.3 Å². The van der Waals surface area contributed by atoms with Crippen LogP contribution in [0.15, 0.2) is 12.2 Å². The molecule has 0 aromatic heterocycles. The Morgan fingerprint density at radius 3 is 2.93 bits per heavy atom. The number of aliphatic carboxylic acids is 1. The van der Waals surface area contributed by atoms with Crippen molar-refractivity contribution in [2.24, 2.45) is 0 Å². The zero-order valence-electron chi connectivity index (χ0n) is 8.43. The normalized spacial score (nSPS) is 35.1. The summed E-state index contributed by atoms with van der Waals surface area (Å²) in [7, 11) is 0. The van der Waals surface area contributed by atoms with Gasteiger partial charge in [0.05, 0.1) is 0 Å². The van der Waals surface area contributed by atoms with Crippen LogP contribution in [0.4, 0.5) is 0 Å². The van der Waals surface area contributed by atoms with Gasteiger partial charge in [0.1, 0.15) is 6.04 Å². The van der Waals surface area contributed by atoms with Gasteiger partial charge in [0.2, 0.25) is 0 Å². The van der Waals surface area contributed by atoms with Crippen LogP contribution >= 0.6 is 0 Å². The van der Waals surface area contributed by atoms with Crippen LogP contribution in [-0.2, 0) is 9.59 Å². The summed E-state index contributed by atoms with van der Waals surface area (Å²) in [6.45, 7) is 0. The predicted octanol–water partition coefficient (Wildman–Crippen LogP) is -0.999. The number of carbonyl (C=O) groups is 2. The van der Waals surface area contributed by atoms with E-state index in [2.05, 4.69) is 5.73 Å². The summed E-state index contributed by atoms with van der Waals surface area (Å²) in [5.74, 6) is -1.06. The lowest BCUT2D eigenvalue weighted by molar-refractivity contribution is -0.390. The van der Waals surface area contributed by atoms with Crippen molar-refractivity contribution in [1.29, 1.82) is 0 Å². The molecule has 2 aliphatic heterocycles. The number of fused-ring (bicyclic) bond motifs is 1. The minimum absolute atomic E-state index is 0.0570. The SMILES string of the molecule is [NH3+][C@H]1C=CC[C@H]2CC[C@@H](C(=O)O)N2C1=O. The highest BCUT2D eigenvalue weighted by Gasteiger charge is 2.43. The minimum atomic E-state index is -0.903. The van der Waals surface area contributed by atoms with Crippen molar-refractivity contribution in [3.63, 3.8) is 0 Å². The van der Waals surface area contributed by atoms with Crippen molar-refractivity contribution in [2.45, 2.75) is 37.4 Å². The Morgan fingerprint density at radius 1 is 1.53 bits per heavy atom. The van der Waals surface area contributed by atoms with Crippen LogP contribution < -0.4 is 5.73 Å². The second kappa shape index (κ2) is 3.66. The van der Waals surface area contributed by atoms with Gasteiger partial charge in [0.15, 0.2) is 6.04 Å². The molecule has 5 heteroatoms. The summed E-state index contributed by atoms with van der Waals surface area (Å²) in [6, 6.07) is -1.02. The number of carboxylic acids is 1. The Hall–Kier alpha value is -1.36. The smallest absolute Gasteiger partial charge is 0.326 e. The van der Waals surface area contributed by atoms with Crippen molar-refractivity contribution in [1.82, 2.24) is 4.90 Å². The van der Waals surface area contributed by atoms with Crippen LogP contribution in [0.25, 0.3) is 0 Å². The lowest BCUT2D eigenvalue weighted by Crippen LogP contribution is -2.67. The Labute approximate surface area is 87.5 Å². The van der Waals surface area contributed by atoms with Gasteiger partial charge >= 0.3 is 5.97 Å². The molecule has 5 nitrogen and oxygen atoms in total. The molecule has 15 heavy (non-hydrogen) atoms. The largest absolute Gasteiger partial charge is 0.480 e. The van der Waals surface area contributed by atoms with E-state index in [4.69, 9.17) is 5.11 Å². The van der Waals surface area contributed by atoms with E-state index in [-0.39, 0.29) is 11.9 Å². The molecule has 2 heterocycles. The summed E-state index contributed by atoms with van der Waals surface area (Å²) in [4.78, 5) is 24.4. The maximum absolute atomic E-state index is 11.9. The van der Waals surface area contributed by atoms with Crippen molar-refractivity contribution in [2.75, 3.05) is 0 Å². The van der Waals surface area contributed by atoms with Gasteiger partial charge in [-0.2, -0.15) is 0 Å². The zero-order valence-corrected chi connectivity index (χ0v) is 8.43. The third-order valence-corrected chi connectivity index (χ3v) is 3.14. The van der Waals surface area contributed by atoms with Crippen molar-refractivity contribution in [3.05, 3.63) is 12.2 Å². The summed E-state index contributed by atoms with van der Waals surface area (Å²) in [6.07, 6.45) is 5.79. The van der Waals surface area contributed by atoms with E-state index in [1.165, 1.54) is 4.90 Å². The van der Waals surface area contributed by atoms with Crippen LogP contribution in [0.5, 0.6) is 0 Å². The van der Waals surface area contributed by atoms with Gasteiger partial charge in [0.25, 0.3) is 5.91 Å². The quantitative estimate of drug-likeness (QED) is 0.545. The molecule has 0 radical (unpaired) electrons. The topological polar surface area (TPSA) is 85.2 Å². The first-order chi connectivity index (χ1) is 7.11. The number of carbonyl (C=O) groups excluding carboxylic acids is 1. The summed E-state index contributed by atoms with van der Waals surface area (Å²) in [5, 5.41) is 9.01. The maximum Gasteiger partial charge on any atom is 0.326 e. The average Bonchev–Trinajstić information content (AvgIpc) is 2.55. The molecule has 0 saturated carbocycles. The van der Waals surface area contributed by atoms with Crippen LogP contribution in [0, 0.1) is 0 Å². The number of carboxylic acid groups (broad SMARTS) is 1. The van der Waals surface area contributed by atoms with Gasteiger partial charge in [-0.1, -0.05) is 6.08 Å². The first kappa shape index (κ1) is 10.2. The van der Waals surface area contributed by atoms with E-state index in [0.29, 0.717) is 6.42 Å². The average molecular weight is 211 g/mol. The molecule has 0 aromatic rings. The van der Waals surface area contributed by atoms with E-state index < -0.39 is 18.1 Å². The van der Waals surface area contributed by atoms with E-state index in [0.717, 1.165) is 12.8 Å². The molecule has 0 aromatic carbocycles. The van der Waals surface area contributed by atoms with E-state index in [9.17, 15) is 9.59 Å². The van der Waals surface area contributed by atoms with Crippen molar-refractivity contribution in [3.8, 4) is 0 Å². The molecule has 0 spiro atoms. The number of quaternary nitrogens is 1. The minimum Gasteiger partial charge on any atom is -0.480 e. The maximum atomic E-state index is 11.9. The monoisotopic (exact) mass is 211 g/mol. The Balaban J connectivity index is 2.26. The summed E-state index contributed by atoms with van der Waals surface area (Å²) < 4.78 is 0. The van der Waals surface area contributed by atoms with Crippen LogP contribution in [0.2, 0.25) is 0 Å². The van der Waals surface area contributed by atoms with Crippen molar-refractivity contribution >= 4 is 11.9 Å². The highest BCUT2D eigenvalue weighted by molar-refractivity contribution is 5.88. The first-order valence-electron chi connectivity index (χ1n) is 5.16. The molecule has 0 bridgehead atoms. The fraction of sp³-hybridized carbons (Fsp3) is 0.600. The standard InChI is InChI=1S/C10H14N2O3/c11-7-3-1-2-6-4-5-8(10(14)15)12(6)9(7)13/h1,3,6-8H,2,4-5,11H2,(H,14,15)/p+1/t6-,7-,8-/m0/s1. The highest BCUT2D eigenvalue weighted by Crippen LogP contribution is 2.28. The molecule has 2 rings (SSSR count). The number of amides is 1. The molecule has 1 saturated heterocycles. The number of rotatable bonds is 1. The molecule has 4 N–H and O–H groups in total. The molecule has 82 valence electrons. The van der Waals surface area contributed by atoms with Gasteiger partial charge in [-0.05, 0) is 25.3 Å². The molecule has 1 amide bonds. The van der Waals surface area contributed by atoms with Gasteiger partial charge in [-0.3, -0.25) is 4.79 Å². The number of hydrogen-bond acceptors (Lipinski definition) is 2. The number of nitrogens with zero attached hydrogens (tertiary/aromatic N) is 1. The summed E-state index contributed by atoms with van der Waals surface area (Å²) >= 11 is 0. The van der Waals surface area contributed by atoms with Gasteiger partial charge in [0, 0.05) is 6.04 Å². The fourth-order valence-corrected chi connectivity index (χ4v) is 2.36. The molecule has 0 aliphatic carbocycles. The zero-order chi connectivity index (χ0) is 11.0. The third-order valence-electron chi connectivity index (χ3n) is 3.14.